The molecule has 2 aromatic rings. The largest absolute Gasteiger partial charge is 0.395 e. The molecular formula is C19H24O. The molecule has 0 spiro atoms. The zero-order chi connectivity index (χ0) is 14.6. The van der Waals surface area contributed by atoms with Gasteiger partial charge in [0.25, 0.3) is 0 Å². The Morgan fingerprint density at radius 1 is 0.950 bits per heavy atom. The number of hydrogen-bond acceptors (Lipinski definition) is 1. The van der Waals surface area contributed by atoms with Crippen LogP contribution in [0.3, 0.4) is 0 Å². The molecule has 1 nitrogen and oxygen atoms in total. The molecule has 1 heteroatoms. The molecule has 0 aliphatic heterocycles. The predicted molar refractivity (Wildman–Crippen MR) is 85.1 cm³/mol. The highest BCUT2D eigenvalue weighted by molar-refractivity contribution is 5.35. The van der Waals surface area contributed by atoms with Crippen LogP contribution in [-0.4, -0.2) is 11.7 Å². The van der Waals surface area contributed by atoms with Crippen LogP contribution in [0.1, 0.15) is 36.1 Å². The second-order valence-corrected chi connectivity index (χ2v) is 5.88. The number of benzene rings is 2. The summed E-state index contributed by atoms with van der Waals surface area (Å²) < 4.78 is 0. The summed E-state index contributed by atoms with van der Waals surface area (Å²) in [7, 11) is 0. The van der Waals surface area contributed by atoms with Crippen LogP contribution < -0.4 is 0 Å². The number of aryl methyl sites for hydroxylation is 2. The van der Waals surface area contributed by atoms with Gasteiger partial charge in [-0.05, 0) is 42.0 Å². The van der Waals surface area contributed by atoms with Crippen molar-refractivity contribution in [3.8, 4) is 0 Å². The van der Waals surface area contributed by atoms with Crippen molar-refractivity contribution in [1.82, 2.24) is 0 Å². The Morgan fingerprint density at radius 2 is 1.55 bits per heavy atom. The molecule has 0 heterocycles. The Balaban J connectivity index is 2.29. The minimum absolute atomic E-state index is 0.160. The molecule has 2 aromatic carbocycles. The maximum Gasteiger partial charge on any atom is 0.0528 e. The minimum Gasteiger partial charge on any atom is -0.395 e. The highest BCUT2D eigenvalue weighted by atomic mass is 16.3. The summed E-state index contributed by atoms with van der Waals surface area (Å²) in [6, 6.07) is 17.1. The Kier molecular flexibility index (Phi) is 4.61. The molecule has 0 saturated carbocycles. The first-order valence-electron chi connectivity index (χ1n) is 7.34. The second-order valence-electron chi connectivity index (χ2n) is 5.88. The number of rotatable bonds is 5. The molecule has 0 radical (unpaired) electrons. The summed E-state index contributed by atoms with van der Waals surface area (Å²) in [5.74, 6) is 0. The van der Waals surface area contributed by atoms with E-state index < -0.39 is 0 Å². The van der Waals surface area contributed by atoms with Crippen molar-refractivity contribution >= 4 is 0 Å². The lowest BCUT2D eigenvalue weighted by Gasteiger charge is -2.30. The molecule has 2 rings (SSSR count). The molecule has 0 saturated heterocycles. The fourth-order valence-electron chi connectivity index (χ4n) is 2.83. The monoisotopic (exact) mass is 268 g/mol. The van der Waals surface area contributed by atoms with Gasteiger partial charge >= 0.3 is 0 Å². The third-order valence-corrected chi connectivity index (χ3v) is 4.17. The van der Waals surface area contributed by atoms with E-state index >= 15 is 0 Å². The maximum absolute atomic E-state index is 9.93. The molecule has 0 aliphatic rings. The number of aliphatic hydroxyl groups is 1. The summed E-state index contributed by atoms with van der Waals surface area (Å²) in [5.41, 5.74) is 4.90. The standard InChI is InChI=1S/C19H24O/c1-4-16-9-11-17(12-10-16)13-19(3,14-20)18-8-6-5-7-15(18)2/h5-12,20H,4,13-14H2,1-3H3. The van der Waals surface area contributed by atoms with E-state index in [2.05, 4.69) is 63.2 Å². The lowest BCUT2D eigenvalue weighted by Crippen LogP contribution is -2.30. The molecular weight excluding hydrogens is 244 g/mol. The Hall–Kier alpha value is -1.60. The summed E-state index contributed by atoms with van der Waals surface area (Å²) in [4.78, 5) is 0. The minimum atomic E-state index is -0.223. The third kappa shape index (κ3) is 3.10. The van der Waals surface area contributed by atoms with Crippen molar-refractivity contribution in [2.75, 3.05) is 6.61 Å². The summed E-state index contributed by atoms with van der Waals surface area (Å²) in [6.45, 7) is 6.58. The van der Waals surface area contributed by atoms with Crippen LogP contribution >= 0.6 is 0 Å². The van der Waals surface area contributed by atoms with Crippen molar-refractivity contribution in [2.24, 2.45) is 0 Å². The highest BCUT2D eigenvalue weighted by Gasteiger charge is 2.27. The van der Waals surface area contributed by atoms with E-state index in [0.29, 0.717) is 0 Å². The summed E-state index contributed by atoms with van der Waals surface area (Å²) in [5, 5.41) is 9.93. The van der Waals surface area contributed by atoms with Crippen LogP contribution in [0.5, 0.6) is 0 Å². The number of hydrogen-bond donors (Lipinski definition) is 1. The second kappa shape index (κ2) is 6.23. The highest BCUT2D eigenvalue weighted by Crippen LogP contribution is 2.30. The first-order chi connectivity index (χ1) is 9.59. The molecule has 20 heavy (non-hydrogen) atoms. The molecule has 0 fully saturated rings. The summed E-state index contributed by atoms with van der Waals surface area (Å²) >= 11 is 0. The van der Waals surface area contributed by atoms with Gasteiger partial charge in [0, 0.05) is 5.41 Å². The van der Waals surface area contributed by atoms with Gasteiger partial charge in [0.15, 0.2) is 0 Å². The SMILES string of the molecule is CCc1ccc(CC(C)(CO)c2ccccc2C)cc1. The first-order valence-corrected chi connectivity index (χ1v) is 7.34. The van der Waals surface area contributed by atoms with Gasteiger partial charge in [-0.1, -0.05) is 62.4 Å². The van der Waals surface area contributed by atoms with Crippen molar-refractivity contribution in [2.45, 2.75) is 39.0 Å². The average molecular weight is 268 g/mol. The van der Waals surface area contributed by atoms with Crippen molar-refractivity contribution < 1.29 is 5.11 Å². The van der Waals surface area contributed by atoms with E-state index in [-0.39, 0.29) is 12.0 Å². The lowest BCUT2D eigenvalue weighted by molar-refractivity contribution is 0.204. The Morgan fingerprint density at radius 3 is 2.10 bits per heavy atom. The van der Waals surface area contributed by atoms with Crippen molar-refractivity contribution in [3.05, 3.63) is 70.8 Å². The van der Waals surface area contributed by atoms with Crippen molar-refractivity contribution in [3.63, 3.8) is 0 Å². The van der Waals surface area contributed by atoms with Gasteiger partial charge in [0.05, 0.1) is 6.61 Å². The first kappa shape index (κ1) is 14.8. The van der Waals surface area contributed by atoms with E-state index in [1.165, 1.54) is 22.3 Å². The van der Waals surface area contributed by atoms with Crippen LogP contribution in [0.25, 0.3) is 0 Å². The lowest BCUT2D eigenvalue weighted by atomic mass is 9.76. The van der Waals surface area contributed by atoms with Crippen molar-refractivity contribution in [1.29, 1.82) is 0 Å². The van der Waals surface area contributed by atoms with Gasteiger partial charge in [-0.25, -0.2) is 0 Å². The average Bonchev–Trinajstić information content (AvgIpc) is 2.48. The molecule has 0 bridgehead atoms. The molecule has 1 atom stereocenters. The zero-order valence-electron chi connectivity index (χ0n) is 12.7. The maximum atomic E-state index is 9.93. The molecule has 0 amide bonds. The molecule has 0 aliphatic carbocycles. The Bertz CT molecular complexity index is 556. The molecule has 1 unspecified atom stereocenters. The zero-order valence-corrected chi connectivity index (χ0v) is 12.7. The quantitative estimate of drug-likeness (QED) is 0.867. The molecule has 0 aromatic heterocycles. The van der Waals surface area contributed by atoms with Gasteiger partial charge < -0.3 is 5.11 Å². The fourth-order valence-corrected chi connectivity index (χ4v) is 2.83. The van der Waals surface area contributed by atoms with Gasteiger partial charge in [-0.3, -0.25) is 0 Å². The van der Waals surface area contributed by atoms with Crippen LogP contribution in [0.15, 0.2) is 48.5 Å². The third-order valence-electron chi connectivity index (χ3n) is 4.17. The van der Waals surface area contributed by atoms with E-state index in [1.807, 2.05) is 6.07 Å². The number of aliphatic hydroxyl groups excluding tert-OH is 1. The van der Waals surface area contributed by atoms with E-state index in [9.17, 15) is 5.11 Å². The topological polar surface area (TPSA) is 20.2 Å². The van der Waals surface area contributed by atoms with Crippen LogP contribution in [0.4, 0.5) is 0 Å². The predicted octanol–water partition coefficient (Wildman–Crippen LogP) is 4.05. The smallest absolute Gasteiger partial charge is 0.0528 e. The Labute approximate surface area is 122 Å². The summed E-state index contributed by atoms with van der Waals surface area (Å²) in [6.07, 6.45) is 1.92. The van der Waals surface area contributed by atoms with Gasteiger partial charge in [0.1, 0.15) is 0 Å². The van der Waals surface area contributed by atoms with E-state index in [4.69, 9.17) is 0 Å². The van der Waals surface area contributed by atoms with E-state index in [0.717, 1.165) is 12.8 Å². The van der Waals surface area contributed by atoms with Gasteiger partial charge in [-0.2, -0.15) is 0 Å². The molecule has 106 valence electrons. The molecule has 1 N–H and O–H groups in total. The van der Waals surface area contributed by atoms with Crippen LogP contribution in [-0.2, 0) is 18.3 Å². The van der Waals surface area contributed by atoms with Gasteiger partial charge in [-0.15, -0.1) is 0 Å². The van der Waals surface area contributed by atoms with E-state index in [1.54, 1.807) is 0 Å². The normalized spacial score (nSPS) is 14.0. The fraction of sp³-hybridized carbons (Fsp3) is 0.368. The van der Waals surface area contributed by atoms with Crippen LogP contribution in [0, 0.1) is 6.92 Å². The van der Waals surface area contributed by atoms with Gasteiger partial charge in [0.2, 0.25) is 0 Å². The van der Waals surface area contributed by atoms with Crippen LogP contribution in [0.2, 0.25) is 0 Å².